The summed E-state index contributed by atoms with van der Waals surface area (Å²) in [6.45, 7) is 7.29. The second-order valence-corrected chi connectivity index (χ2v) is 6.85. The highest BCUT2D eigenvalue weighted by Gasteiger charge is 2.26. The van der Waals surface area contributed by atoms with Crippen LogP contribution < -0.4 is 5.30 Å². The molecule has 0 spiro atoms. The van der Waals surface area contributed by atoms with E-state index in [0.29, 0.717) is 32.4 Å². The summed E-state index contributed by atoms with van der Waals surface area (Å²) in [5, 5.41) is 0.758. The molecule has 0 amide bonds. The third-order valence-corrected chi connectivity index (χ3v) is 5.46. The standard InChI is InChI=1S/C15H25O4P/c1-4-17-15(18-5-2)12-13-20(16,19-6-3)14-10-8-7-9-11-14/h7-11,15H,4-6,12-13H2,1-3H3/t20-/m0/s1. The Morgan fingerprint density at radius 2 is 1.60 bits per heavy atom. The summed E-state index contributed by atoms with van der Waals surface area (Å²) < 4.78 is 29.5. The van der Waals surface area contributed by atoms with E-state index in [1.54, 1.807) is 0 Å². The van der Waals surface area contributed by atoms with Crippen molar-refractivity contribution in [2.24, 2.45) is 0 Å². The normalized spacial score (nSPS) is 14.4. The largest absolute Gasteiger partial charge is 0.353 e. The predicted molar refractivity (Wildman–Crippen MR) is 81.8 cm³/mol. The Bertz CT molecular complexity index is 402. The third kappa shape index (κ3) is 5.37. The Labute approximate surface area is 121 Å². The van der Waals surface area contributed by atoms with Gasteiger partial charge in [-0.2, -0.15) is 0 Å². The summed E-state index contributed by atoms with van der Waals surface area (Å²) in [4.78, 5) is 0. The first-order valence-electron chi connectivity index (χ1n) is 7.18. The molecule has 0 saturated heterocycles. The van der Waals surface area contributed by atoms with Crippen LogP contribution in [0.2, 0.25) is 0 Å². The topological polar surface area (TPSA) is 44.8 Å². The Morgan fingerprint density at radius 3 is 2.10 bits per heavy atom. The average Bonchev–Trinajstić information content (AvgIpc) is 2.47. The zero-order valence-electron chi connectivity index (χ0n) is 12.6. The van der Waals surface area contributed by atoms with Crippen molar-refractivity contribution < 1.29 is 18.6 Å². The van der Waals surface area contributed by atoms with E-state index in [2.05, 4.69) is 0 Å². The molecule has 0 heterocycles. The van der Waals surface area contributed by atoms with Crippen molar-refractivity contribution in [2.75, 3.05) is 26.0 Å². The maximum absolute atomic E-state index is 13.0. The van der Waals surface area contributed by atoms with E-state index in [9.17, 15) is 4.57 Å². The molecular formula is C15H25O4P. The van der Waals surface area contributed by atoms with Crippen LogP contribution in [0.15, 0.2) is 30.3 Å². The summed E-state index contributed by atoms with van der Waals surface area (Å²) in [5.41, 5.74) is 0. The monoisotopic (exact) mass is 300 g/mol. The van der Waals surface area contributed by atoms with Gasteiger partial charge in [0.05, 0.1) is 6.61 Å². The second-order valence-electron chi connectivity index (χ2n) is 4.28. The number of benzene rings is 1. The van der Waals surface area contributed by atoms with Crippen molar-refractivity contribution in [3.63, 3.8) is 0 Å². The number of ether oxygens (including phenoxy) is 2. The van der Waals surface area contributed by atoms with Gasteiger partial charge < -0.3 is 14.0 Å². The Kier molecular flexibility index (Phi) is 8.08. The molecule has 0 fully saturated rings. The lowest BCUT2D eigenvalue weighted by molar-refractivity contribution is -0.136. The quantitative estimate of drug-likeness (QED) is 0.490. The average molecular weight is 300 g/mol. The predicted octanol–water partition coefficient (Wildman–Crippen LogP) is 3.42. The third-order valence-electron chi connectivity index (χ3n) is 2.85. The molecule has 0 saturated carbocycles. The first kappa shape index (κ1) is 17.4. The molecular weight excluding hydrogens is 275 g/mol. The summed E-state index contributed by atoms with van der Waals surface area (Å²) in [6, 6.07) is 9.37. The molecule has 0 radical (unpaired) electrons. The molecule has 1 atom stereocenters. The van der Waals surface area contributed by atoms with E-state index in [1.807, 2.05) is 51.1 Å². The number of rotatable bonds is 10. The van der Waals surface area contributed by atoms with E-state index in [0.717, 1.165) is 5.30 Å². The fraction of sp³-hybridized carbons (Fsp3) is 0.600. The first-order valence-corrected chi connectivity index (χ1v) is 8.99. The van der Waals surface area contributed by atoms with Gasteiger partial charge in [0.1, 0.15) is 0 Å². The van der Waals surface area contributed by atoms with Gasteiger partial charge in [-0.05, 0) is 32.9 Å². The highest BCUT2D eigenvalue weighted by atomic mass is 31.2. The van der Waals surface area contributed by atoms with Crippen LogP contribution in [0, 0.1) is 0 Å². The highest BCUT2D eigenvalue weighted by Crippen LogP contribution is 2.46. The molecule has 0 bridgehead atoms. The van der Waals surface area contributed by atoms with Crippen LogP contribution in [0.3, 0.4) is 0 Å². The lowest BCUT2D eigenvalue weighted by atomic mass is 10.4. The minimum atomic E-state index is -2.83. The fourth-order valence-electron chi connectivity index (χ4n) is 1.99. The van der Waals surface area contributed by atoms with Crippen molar-refractivity contribution >= 4 is 12.7 Å². The molecule has 0 unspecified atom stereocenters. The molecule has 1 aromatic carbocycles. The van der Waals surface area contributed by atoms with E-state index in [4.69, 9.17) is 14.0 Å². The van der Waals surface area contributed by atoms with Crippen LogP contribution in [0.4, 0.5) is 0 Å². The van der Waals surface area contributed by atoms with E-state index < -0.39 is 7.37 Å². The van der Waals surface area contributed by atoms with Crippen molar-refractivity contribution in [2.45, 2.75) is 33.5 Å². The zero-order valence-corrected chi connectivity index (χ0v) is 13.5. The molecule has 0 aromatic heterocycles. The van der Waals surface area contributed by atoms with Gasteiger partial charge in [0, 0.05) is 31.1 Å². The molecule has 0 aliphatic carbocycles. The molecule has 20 heavy (non-hydrogen) atoms. The first-order chi connectivity index (χ1) is 9.66. The lowest BCUT2D eigenvalue weighted by Gasteiger charge is -2.22. The van der Waals surface area contributed by atoms with Crippen LogP contribution in [-0.4, -0.2) is 32.3 Å². The van der Waals surface area contributed by atoms with Crippen LogP contribution >= 0.6 is 7.37 Å². The van der Waals surface area contributed by atoms with Crippen LogP contribution in [0.5, 0.6) is 0 Å². The molecule has 5 heteroatoms. The van der Waals surface area contributed by atoms with Crippen molar-refractivity contribution in [1.29, 1.82) is 0 Å². The Hall–Kier alpha value is -0.670. The van der Waals surface area contributed by atoms with Crippen molar-refractivity contribution in [3.05, 3.63) is 30.3 Å². The summed E-state index contributed by atoms with van der Waals surface area (Å²) in [7, 11) is -2.83. The van der Waals surface area contributed by atoms with Crippen LogP contribution in [0.1, 0.15) is 27.2 Å². The van der Waals surface area contributed by atoms with Crippen molar-refractivity contribution in [1.82, 2.24) is 0 Å². The van der Waals surface area contributed by atoms with Gasteiger partial charge >= 0.3 is 0 Å². The van der Waals surface area contributed by atoms with Gasteiger partial charge in [-0.15, -0.1) is 0 Å². The summed E-state index contributed by atoms with van der Waals surface area (Å²) >= 11 is 0. The molecule has 1 rings (SSSR count). The smallest absolute Gasteiger partial charge is 0.232 e. The van der Waals surface area contributed by atoms with E-state index >= 15 is 0 Å². The maximum atomic E-state index is 13.0. The minimum Gasteiger partial charge on any atom is -0.353 e. The molecule has 4 nitrogen and oxygen atoms in total. The lowest BCUT2D eigenvalue weighted by Crippen LogP contribution is -2.21. The van der Waals surface area contributed by atoms with Gasteiger partial charge in [-0.1, -0.05) is 18.2 Å². The van der Waals surface area contributed by atoms with Gasteiger partial charge in [-0.25, -0.2) is 0 Å². The minimum absolute atomic E-state index is 0.317. The summed E-state index contributed by atoms with van der Waals surface area (Å²) in [6.07, 6.45) is 0.672. The summed E-state index contributed by atoms with van der Waals surface area (Å²) in [5.74, 6) is 0. The second kappa shape index (κ2) is 9.30. The number of hydrogen-bond donors (Lipinski definition) is 0. The fourth-order valence-corrected chi connectivity index (χ4v) is 4.12. The zero-order chi connectivity index (χ0) is 14.8. The molecule has 0 N–H and O–H groups in total. The van der Waals surface area contributed by atoms with Crippen molar-refractivity contribution in [3.8, 4) is 0 Å². The van der Waals surface area contributed by atoms with Crippen LogP contribution in [-0.2, 0) is 18.6 Å². The van der Waals surface area contributed by atoms with E-state index in [-0.39, 0.29) is 6.29 Å². The maximum Gasteiger partial charge on any atom is 0.232 e. The van der Waals surface area contributed by atoms with Gasteiger partial charge in [0.2, 0.25) is 7.37 Å². The Balaban J connectivity index is 2.74. The highest BCUT2D eigenvalue weighted by molar-refractivity contribution is 7.67. The molecule has 0 aliphatic rings. The van der Waals surface area contributed by atoms with Crippen LogP contribution in [0.25, 0.3) is 0 Å². The molecule has 114 valence electrons. The van der Waals surface area contributed by atoms with Gasteiger partial charge in [-0.3, -0.25) is 4.57 Å². The van der Waals surface area contributed by atoms with Gasteiger partial charge in [0.15, 0.2) is 6.29 Å². The van der Waals surface area contributed by atoms with Gasteiger partial charge in [0.25, 0.3) is 0 Å². The van der Waals surface area contributed by atoms with E-state index in [1.165, 1.54) is 0 Å². The molecule has 1 aromatic rings. The SMILES string of the molecule is CCOC(CC[P@](=O)(OCC)c1ccccc1)OCC. The molecule has 0 aliphatic heterocycles. The Morgan fingerprint density at radius 1 is 1.00 bits per heavy atom. The number of hydrogen-bond acceptors (Lipinski definition) is 4.